The number of unbranched alkanes of at least 4 members (excludes halogenated alkanes) is 1. The van der Waals surface area contributed by atoms with Crippen molar-refractivity contribution in [3.63, 3.8) is 0 Å². The molecule has 70 heavy (non-hydrogen) atoms. The van der Waals surface area contributed by atoms with Crippen LogP contribution in [-0.2, 0) is 45.9 Å². The molecular weight excluding hydrogens is 957 g/mol. The lowest BCUT2D eigenvalue weighted by Gasteiger charge is -2.32. The van der Waals surface area contributed by atoms with Crippen molar-refractivity contribution in [3.05, 3.63) is 106 Å². The van der Waals surface area contributed by atoms with Crippen molar-refractivity contribution in [2.45, 2.75) is 88.4 Å². The van der Waals surface area contributed by atoms with Gasteiger partial charge in [0.2, 0.25) is 37.7 Å². The Balaban J connectivity index is 0.000000261. The van der Waals surface area contributed by atoms with Crippen molar-refractivity contribution in [1.29, 1.82) is 10.5 Å². The first-order valence-electron chi connectivity index (χ1n) is 22.8. The first-order chi connectivity index (χ1) is 33.4. The molecule has 372 valence electrons. The molecular formula is C49H58N8O10S3. The zero-order valence-corrected chi connectivity index (χ0v) is 42.3. The average molecular weight is 1020 g/mol. The Hall–Kier alpha value is -6.55. The number of pyridine rings is 2. The second-order valence-electron chi connectivity index (χ2n) is 17.0. The number of nitriles is 2. The van der Waals surface area contributed by atoms with E-state index in [2.05, 4.69) is 31.6 Å². The molecule has 0 aliphatic carbocycles. The maximum absolute atomic E-state index is 12.7. The molecule has 4 aromatic rings. The Kier molecular flexibility index (Phi) is 19.7. The lowest BCUT2D eigenvalue weighted by Crippen LogP contribution is -2.43. The average Bonchev–Trinajstić information content (AvgIpc) is 3.34. The number of sulfonamides is 2. The molecule has 18 nitrogen and oxygen atoms in total. The minimum Gasteiger partial charge on any atom is -0.480 e. The zero-order chi connectivity index (χ0) is 51.0. The minimum atomic E-state index is -3.82. The number of aromatic nitrogens is 2. The van der Waals surface area contributed by atoms with Gasteiger partial charge in [-0.05, 0) is 75.5 Å². The molecule has 0 unspecified atom stereocenters. The largest absolute Gasteiger partial charge is 0.480 e. The number of methoxy groups -OCH3 is 1. The van der Waals surface area contributed by atoms with Crippen molar-refractivity contribution < 1.29 is 45.5 Å². The summed E-state index contributed by atoms with van der Waals surface area (Å²) in [7, 11) is -6.24. The number of nitrogens with one attached hydrogen (secondary N) is 2. The number of rotatable bonds is 18. The second kappa shape index (κ2) is 25.3. The highest BCUT2D eigenvalue weighted by atomic mass is 32.2. The number of ether oxygens (including phenoxy) is 2. The molecule has 6 rings (SSSR count). The van der Waals surface area contributed by atoms with Crippen LogP contribution < -0.4 is 24.0 Å². The SMILES string of the molecule is CCCCC(=O)c1cc(C#N)c(N2CCC(C(=O)NS(=O)(=O)Cc3ccccc3)CC2)nc1SC.COc1nc(N2CCC(C(=O)NS(=O)(=O)Cc3ccccc3)CC2)c(C#N)cc1C(=O)OC(C)C. The van der Waals surface area contributed by atoms with E-state index < -0.39 is 49.7 Å². The van der Waals surface area contributed by atoms with Crippen LogP contribution in [0.25, 0.3) is 0 Å². The Labute approximate surface area is 414 Å². The van der Waals surface area contributed by atoms with Crippen molar-refractivity contribution in [1.82, 2.24) is 19.4 Å². The number of amides is 2. The lowest BCUT2D eigenvalue weighted by atomic mass is 9.96. The van der Waals surface area contributed by atoms with Gasteiger partial charge in [-0.25, -0.2) is 26.6 Å². The molecule has 2 fully saturated rings. The number of thioether (sulfide) groups is 1. The molecule has 2 aromatic heterocycles. The summed E-state index contributed by atoms with van der Waals surface area (Å²) < 4.78 is 64.5. The Morgan fingerprint density at radius 1 is 0.743 bits per heavy atom. The zero-order valence-electron chi connectivity index (χ0n) is 39.8. The highest BCUT2D eigenvalue weighted by Gasteiger charge is 2.32. The number of nitrogens with zero attached hydrogens (tertiary/aromatic N) is 6. The van der Waals surface area contributed by atoms with Crippen LogP contribution >= 0.6 is 11.8 Å². The highest BCUT2D eigenvalue weighted by molar-refractivity contribution is 7.98. The summed E-state index contributed by atoms with van der Waals surface area (Å²) in [5.74, 6) is -2.31. The Bertz CT molecular complexity index is 2800. The molecule has 0 spiro atoms. The van der Waals surface area contributed by atoms with Gasteiger partial charge in [0.15, 0.2) is 11.6 Å². The summed E-state index contributed by atoms with van der Waals surface area (Å²) in [5.41, 5.74) is 2.24. The number of carbonyl (C=O) groups is 4. The van der Waals surface area contributed by atoms with Gasteiger partial charge in [-0.3, -0.25) is 23.8 Å². The first-order valence-corrected chi connectivity index (χ1v) is 27.3. The summed E-state index contributed by atoms with van der Waals surface area (Å²) in [6.07, 6.45) is 5.23. The smallest absolute Gasteiger partial charge is 0.343 e. The van der Waals surface area contributed by atoms with E-state index in [-0.39, 0.29) is 40.4 Å². The Morgan fingerprint density at radius 3 is 1.59 bits per heavy atom. The van der Waals surface area contributed by atoms with Gasteiger partial charge in [0, 0.05) is 44.4 Å². The number of carbonyl (C=O) groups excluding carboxylic acids is 4. The van der Waals surface area contributed by atoms with Gasteiger partial charge in [0.05, 0.1) is 41.4 Å². The predicted octanol–water partition coefficient (Wildman–Crippen LogP) is 6.30. The number of hydrogen-bond acceptors (Lipinski definition) is 17. The second-order valence-corrected chi connectivity index (χ2v) is 21.2. The third-order valence-electron chi connectivity index (χ3n) is 11.4. The van der Waals surface area contributed by atoms with E-state index in [0.29, 0.717) is 97.2 Å². The summed E-state index contributed by atoms with van der Waals surface area (Å²) in [4.78, 5) is 63.1. The molecule has 2 N–H and O–H groups in total. The van der Waals surface area contributed by atoms with Gasteiger partial charge >= 0.3 is 5.97 Å². The maximum atomic E-state index is 12.7. The highest BCUT2D eigenvalue weighted by Crippen LogP contribution is 2.32. The van der Waals surface area contributed by atoms with Crippen molar-refractivity contribution >= 4 is 67.0 Å². The van der Waals surface area contributed by atoms with Crippen molar-refractivity contribution in [3.8, 4) is 18.0 Å². The van der Waals surface area contributed by atoms with Crippen LogP contribution in [0.2, 0.25) is 0 Å². The van der Waals surface area contributed by atoms with Gasteiger partial charge in [-0.15, -0.1) is 11.8 Å². The van der Waals surface area contributed by atoms with Crippen LogP contribution in [0.15, 0.2) is 77.8 Å². The first kappa shape index (κ1) is 54.4. The molecule has 0 saturated carbocycles. The van der Waals surface area contributed by atoms with Gasteiger partial charge in [-0.2, -0.15) is 15.5 Å². The molecule has 21 heteroatoms. The topological polar surface area (TPSA) is 259 Å². The number of esters is 1. The van der Waals surface area contributed by atoms with Crippen LogP contribution in [0.5, 0.6) is 5.88 Å². The quantitative estimate of drug-likeness (QED) is 0.0629. The molecule has 0 atom stereocenters. The van der Waals surface area contributed by atoms with E-state index in [0.717, 1.165) is 12.8 Å². The molecule has 0 bridgehead atoms. The molecule has 2 amide bonds. The lowest BCUT2D eigenvalue weighted by molar-refractivity contribution is -0.124. The Morgan fingerprint density at radius 2 is 1.19 bits per heavy atom. The monoisotopic (exact) mass is 1010 g/mol. The summed E-state index contributed by atoms with van der Waals surface area (Å²) in [6, 6.07) is 24.6. The van der Waals surface area contributed by atoms with Gasteiger partial charge in [0.1, 0.15) is 28.5 Å². The predicted molar refractivity (Wildman–Crippen MR) is 265 cm³/mol. The van der Waals surface area contributed by atoms with Crippen LogP contribution in [0.3, 0.4) is 0 Å². The third-order valence-corrected chi connectivity index (χ3v) is 14.6. The number of ketones is 1. The van der Waals surface area contributed by atoms with E-state index >= 15 is 0 Å². The van der Waals surface area contributed by atoms with E-state index in [4.69, 9.17) is 9.47 Å². The van der Waals surface area contributed by atoms with Crippen LogP contribution in [0.1, 0.15) is 109 Å². The molecule has 2 saturated heterocycles. The van der Waals surface area contributed by atoms with E-state index in [1.807, 2.05) is 23.0 Å². The summed E-state index contributed by atoms with van der Waals surface area (Å²) in [5, 5.41) is 20.0. The third kappa shape index (κ3) is 15.2. The van der Waals surface area contributed by atoms with E-state index in [1.165, 1.54) is 24.9 Å². The summed E-state index contributed by atoms with van der Waals surface area (Å²) >= 11 is 1.37. The van der Waals surface area contributed by atoms with Gasteiger partial charge < -0.3 is 19.3 Å². The van der Waals surface area contributed by atoms with Crippen molar-refractivity contribution in [2.75, 3.05) is 49.3 Å². The van der Waals surface area contributed by atoms with Gasteiger partial charge in [-0.1, -0.05) is 74.0 Å². The van der Waals surface area contributed by atoms with Crippen LogP contribution in [0, 0.1) is 34.5 Å². The fourth-order valence-corrected chi connectivity index (χ4v) is 10.8. The minimum absolute atomic E-state index is 0.0150. The van der Waals surface area contributed by atoms with Gasteiger partial charge in [0.25, 0.3) is 0 Å². The van der Waals surface area contributed by atoms with E-state index in [9.17, 15) is 46.5 Å². The normalized spacial score (nSPS) is 14.3. The number of Topliss-reactive ketones (excluding diaryl/α,β-unsaturated/α-hetero) is 1. The molecule has 2 aromatic carbocycles. The molecule has 2 aliphatic heterocycles. The molecule has 0 radical (unpaired) electrons. The number of hydrogen-bond donors (Lipinski definition) is 2. The standard InChI is InChI=1S/C25H30N4O4S2.C24H28N4O6S/c1-3-4-10-22(30)21-15-20(16-26)23(27-25(21)34-2)29-13-11-19(12-14-29)24(31)28-35(32,33)17-18-8-6-5-7-9-18;1-16(2)34-24(30)20-13-19(14-25)21(26-23(20)33-3)28-11-9-18(10-12-28)22(29)27-35(31,32)15-17-7-5-4-6-8-17/h5-9,15,19H,3-4,10-14,17H2,1-2H3,(H,28,31);4-8,13,16,18H,9-12,15H2,1-3H3,(H,27,29). The fourth-order valence-electron chi connectivity index (χ4n) is 7.87. The summed E-state index contributed by atoms with van der Waals surface area (Å²) in [6.45, 7) is 7.10. The molecule has 2 aliphatic rings. The van der Waals surface area contributed by atoms with Crippen LogP contribution in [-0.4, -0.2) is 96.0 Å². The number of anilines is 2. The number of benzene rings is 2. The van der Waals surface area contributed by atoms with E-state index in [1.54, 1.807) is 80.6 Å². The maximum Gasteiger partial charge on any atom is 0.343 e. The number of piperidine rings is 2. The molecule has 4 heterocycles. The van der Waals surface area contributed by atoms with Crippen molar-refractivity contribution in [2.24, 2.45) is 11.8 Å². The van der Waals surface area contributed by atoms with Crippen LogP contribution in [0.4, 0.5) is 11.6 Å². The fraction of sp³-hybridized carbons (Fsp3) is 0.429.